The summed E-state index contributed by atoms with van der Waals surface area (Å²) in [5, 5.41) is 0.601. The van der Waals surface area contributed by atoms with E-state index in [4.69, 9.17) is 0 Å². The van der Waals surface area contributed by atoms with Gasteiger partial charge < -0.3 is 0 Å². The van der Waals surface area contributed by atoms with Crippen LogP contribution in [-0.4, -0.2) is 4.98 Å². The lowest BCUT2D eigenvalue weighted by Crippen LogP contribution is -1.96. The van der Waals surface area contributed by atoms with Gasteiger partial charge in [-0.2, -0.15) is 0 Å². The number of nitrogens with zero attached hydrogens (tertiary/aromatic N) is 1. The molecule has 0 saturated heterocycles. The Morgan fingerprint density at radius 1 is 1.18 bits per heavy atom. The SMILES string of the molecule is CC.CCC(C)c1ccc2c(F)cccc2n1. The second kappa shape index (κ2) is 6.33. The van der Waals surface area contributed by atoms with Gasteiger partial charge in [0.1, 0.15) is 5.82 Å². The topological polar surface area (TPSA) is 12.9 Å². The Morgan fingerprint density at radius 3 is 2.53 bits per heavy atom. The molecule has 17 heavy (non-hydrogen) atoms. The second-order valence-electron chi connectivity index (χ2n) is 3.85. The fourth-order valence-electron chi connectivity index (χ4n) is 1.62. The molecule has 0 saturated carbocycles. The molecule has 0 aliphatic rings. The summed E-state index contributed by atoms with van der Waals surface area (Å²) in [5.74, 6) is 0.230. The highest BCUT2D eigenvalue weighted by atomic mass is 19.1. The van der Waals surface area contributed by atoms with Crippen LogP contribution in [0.4, 0.5) is 4.39 Å². The molecular formula is C15H20FN. The fourth-order valence-corrected chi connectivity index (χ4v) is 1.62. The van der Waals surface area contributed by atoms with Crippen LogP contribution in [0.2, 0.25) is 0 Å². The van der Waals surface area contributed by atoms with Crippen molar-refractivity contribution in [1.82, 2.24) is 4.98 Å². The van der Waals surface area contributed by atoms with Gasteiger partial charge in [0.2, 0.25) is 0 Å². The number of benzene rings is 1. The third kappa shape index (κ3) is 3.02. The molecule has 1 nitrogen and oxygen atoms in total. The van der Waals surface area contributed by atoms with Crippen molar-refractivity contribution in [2.24, 2.45) is 0 Å². The van der Waals surface area contributed by atoms with E-state index in [1.165, 1.54) is 6.07 Å². The van der Waals surface area contributed by atoms with Crippen LogP contribution in [0, 0.1) is 5.82 Å². The van der Waals surface area contributed by atoms with E-state index < -0.39 is 0 Å². The predicted octanol–water partition coefficient (Wildman–Crippen LogP) is 4.91. The summed E-state index contributed by atoms with van der Waals surface area (Å²) < 4.78 is 13.4. The average Bonchev–Trinajstić information content (AvgIpc) is 2.40. The Balaban J connectivity index is 0.000000686. The van der Waals surface area contributed by atoms with Crippen molar-refractivity contribution >= 4 is 10.9 Å². The lowest BCUT2D eigenvalue weighted by molar-refractivity contribution is 0.639. The molecule has 0 spiro atoms. The fraction of sp³-hybridized carbons (Fsp3) is 0.400. The molecule has 2 aromatic rings. The number of rotatable bonds is 2. The minimum absolute atomic E-state index is 0.198. The van der Waals surface area contributed by atoms with Crippen LogP contribution < -0.4 is 0 Å². The van der Waals surface area contributed by atoms with Gasteiger partial charge in [-0.05, 0) is 36.6 Å². The maximum atomic E-state index is 13.4. The van der Waals surface area contributed by atoms with E-state index >= 15 is 0 Å². The van der Waals surface area contributed by atoms with Gasteiger partial charge in [-0.15, -0.1) is 0 Å². The van der Waals surface area contributed by atoms with E-state index in [0.717, 1.165) is 17.6 Å². The Labute approximate surface area is 103 Å². The number of fused-ring (bicyclic) bond motifs is 1. The van der Waals surface area contributed by atoms with E-state index in [1.54, 1.807) is 6.07 Å². The first-order valence-corrected chi connectivity index (χ1v) is 6.27. The number of pyridine rings is 1. The Hall–Kier alpha value is -1.44. The molecule has 0 fully saturated rings. The second-order valence-corrected chi connectivity index (χ2v) is 3.85. The van der Waals surface area contributed by atoms with Gasteiger partial charge in [-0.1, -0.05) is 33.8 Å². The molecule has 1 unspecified atom stereocenters. The molecule has 1 heterocycles. The molecule has 0 radical (unpaired) electrons. The molecule has 0 N–H and O–H groups in total. The van der Waals surface area contributed by atoms with E-state index in [2.05, 4.69) is 18.8 Å². The molecule has 2 heteroatoms. The van der Waals surface area contributed by atoms with Crippen LogP contribution in [0.1, 0.15) is 45.7 Å². The van der Waals surface area contributed by atoms with E-state index in [0.29, 0.717) is 11.3 Å². The van der Waals surface area contributed by atoms with Crippen LogP contribution >= 0.6 is 0 Å². The highest BCUT2D eigenvalue weighted by Gasteiger charge is 2.06. The van der Waals surface area contributed by atoms with Crippen LogP contribution in [0.15, 0.2) is 30.3 Å². The quantitative estimate of drug-likeness (QED) is 0.718. The van der Waals surface area contributed by atoms with Gasteiger partial charge in [0.05, 0.1) is 5.52 Å². The zero-order valence-electron chi connectivity index (χ0n) is 11.0. The van der Waals surface area contributed by atoms with Gasteiger partial charge >= 0.3 is 0 Å². The number of halogens is 1. The van der Waals surface area contributed by atoms with Gasteiger partial charge in [0.15, 0.2) is 0 Å². The zero-order valence-corrected chi connectivity index (χ0v) is 11.0. The minimum atomic E-state index is -0.198. The van der Waals surface area contributed by atoms with Crippen LogP contribution in [0.5, 0.6) is 0 Å². The lowest BCUT2D eigenvalue weighted by atomic mass is 10.0. The zero-order chi connectivity index (χ0) is 12.8. The summed E-state index contributed by atoms with van der Waals surface area (Å²) in [4.78, 5) is 4.47. The van der Waals surface area contributed by atoms with Crippen LogP contribution in [0.25, 0.3) is 10.9 Å². The standard InChI is InChI=1S/C13H14FN.C2H6/c1-3-9(2)12-8-7-10-11(14)5-4-6-13(10)15-12;1-2/h4-9H,3H2,1-2H3;1-2H3. The first-order valence-electron chi connectivity index (χ1n) is 6.27. The molecule has 1 atom stereocenters. The summed E-state index contributed by atoms with van der Waals surface area (Å²) in [7, 11) is 0. The molecule has 92 valence electrons. The van der Waals surface area contributed by atoms with Gasteiger partial charge in [0, 0.05) is 11.1 Å². The first kappa shape index (κ1) is 13.6. The number of hydrogen-bond donors (Lipinski definition) is 0. The molecule has 0 aliphatic carbocycles. The predicted molar refractivity (Wildman–Crippen MR) is 71.8 cm³/mol. The van der Waals surface area contributed by atoms with E-state index in [1.807, 2.05) is 32.0 Å². The van der Waals surface area contributed by atoms with Gasteiger partial charge in [-0.25, -0.2) is 4.39 Å². The lowest BCUT2D eigenvalue weighted by Gasteiger charge is -2.08. The summed E-state index contributed by atoms with van der Waals surface area (Å²) in [5.41, 5.74) is 1.78. The van der Waals surface area contributed by atoms with Gasteiger partial charge in [0.25, 0.3) is 0 Å². The molecule has 0 bridgehead atoms. The smallest absolute Gasteiger partial charge is 0.132 e. The monoisotopic (exact) mass is 233 g/mol. The first-order chi connectivity index (χ1) is 8.22. The van der Waals surface area contributed by atoms with Crippen molar-refractivity contribution in [2.75, 3.05) is 0 Å². The normalized spacial score (nSPS) is 11.8. The number of hydrogen-bond acceptors (Lipinski definition) is 1. The Morgan fingerprint density at radius 2 is 1.88 bits per heavy atom. The van der Waals surface area contributed by atoms with Crippen molar-refractivity contribution in [2.45, 2.75) is 40.0 Å². The Bertz CT molecular complexity index is 479. The molecule has 1 aromatic heterocycles. The van der Waals surface area contributed by atoms with Crippen molar-refractivity contribution in [3.8, 4) is 0 Å². The van der Waals surface area contributed by atoms with Gasteiger partial charge in [-0.3, -0.25) is 4.98 Å². The molecule has 1 aromatic carbocycles. The minimum Gasteiger partial charge on any atom is -0.252 e. The van der Waals surface area contributed by atoms with Crippen molar-refractivity contribution in [3.05, 3.63) is 41.8 Å². The summed E-state index contributed by atoms with van der Waals surface area (Å²) >= 11 is 0. The van der Waals surface area contributed by atoms with Crippen LogP contribution in [0.3, 0.4) is 0 Å². The summed E-state index contributed by atoms with van der Waals surface area (Å²) in [6, 6.07) is 8.75. The summed E-state index contributed by atoms with van der Waals surface area (Å²) in [6.07, 6.45) is 1.05. The third-order valence-corrected chi connectivity index (χ3v) is 2.82. The van der Waals surface area contributed by atoms with Crippen LogP contribution in [-0.2, 0) is 0 Å². The van der Waals surface area contributed by atoms with Crippen molar-refractivity contribution in [3.63, 3.8) is 0 Å². The van der Waals surface area contributed by atoms with Crippen molar-refractivity contribution in [1.29, 1.82) is 0 Å². The average molecular weight is 233 g/mol. The largest absolute Gasteiger partial charge is 0.252 e. The van der Waals surface area contributed by atoms with E-state index in [-0.39, 0.29) is 5.82 Å². The van der Waals surface area contributed by atoms with E-state index in [9.17, 15) is 4.39 Å². The maximum absolute atomic E-state index is 13.4. The molecular weight excluding hydrogens is 213 g/mol. The molecule has 2 rings (SSSR count). The Kier molecular flexibility index (Phi) is 5.08. The van der Waals surface area contributed by atoms with Crippen molar-refractivity contribution < 1.29 is 4.39 Å². The number of aromatic nitrogens is 1. The summed E-state index contributed by atoms with van der Waals surface area (Å²) in [6.45, 7) is 8.26. The highest BCUT2D eigenvalue weighted by molar-refractivity contribution is 5.79. The third-order valence-electron chi connectivity index (χ3n) is 2.82. The molecule has 0 amide bonds. The maximum Gasteiger partial charge on any atom is 0.132 e. The molecule has 0 aliphatic heterocycles. The highest BCUT2D eigenvalue weighted by Crippen LogP contribution is 2.21.